The lowest BCUT2D eigenvalue weighted by Crippen LogP contribution is -2.37. The lowest BCUT2D eigenvalue weighted by atomic mass is 9.85. The van der Waals surface area contributed by atoms with Crippen molar-refractivity contribution in [2.24, 2.45) is 16.6 Å². The number of aliphatic imine (C=N–C) groups is 1. The van der Waals surface area contributed by atoms with E-state index >= 15 is 0 Å². The summed E-state index contributed by atoms with van der Waals surface area (Å²) in [4.78, 5) is 4.25. The molecule has 1 saturated carbocycles. The summed E-state index contributed by atoms with van der Waals surface area (Å²) in [5.41, 5.74) is 5.78. The summed E-state index contributed by atoms with van der Waals surface area (Å²) in [5, 5.41) is 12.1. The predicted molar refractivity (Wildman–Crippen MR) is 87.8 cm³/mol. The van der Waals surface area contributed by atoms with Gasteiger partial charge in [-0.15, -0.1) is 34.2 Å². The fourth-order valence-electron chi connectivity index (χ4n) is 1.54. The van der Waals surface area contributed by atoms with Crippen molar-refractivity contribution in [3.63, 3.8) is 0 Å². The van der Waals surface area contributed by atoms with Crippen LogP contribution in [0.25, 0.3) is 0 Å². The molecule has 1 aliphatic carbocycles. The third-order valence-electron chi connectivity index (χ3n) is 2.80. The lowest BCUT2D eigenvalue weighted by Gasteiger charge is -2.25. The van der Waals surface area contributed by atoms with Gasteiger partial charge in [-0.25, -0.2) is 4.99 Å². The molecule has 18 heavy (non-hydrogen) atoms. The molecule has 1 aromatic heterocycles. The third-order valence-corrected chi connectivity index (χ3v) is 4.69. The first-order valence-corrected chi connectivity index (χ1v) is 7.72. The Kier molecular flexibility index (Phi) is 7.23. The minimum absolute atomic E-state index is 0. The molecule has 0 radical (unpaired) electrons. The summed E-state index contributed by atoms with van der Waals surface area (Å²) in [7, 11) is 0. The maximum atomic E-state index is 5.78. The normalized spacial score (nSPS) is 15.9. The summed E-state index contributed by atoms with van der Waals surface area (Å²) >= 11 is 3.16. The summed E-state index contributed by atoms with van der Waals surface area (Å²) in [5.74, 6) is 1.30. The van der Waals surface area contributed by atoms with Crippen molar-refractivity contribution in [1.29, 1.82) is 0 Å². The van der Waals surface area contributed by atoms with Crippen molar-refractivity contribution in [2.75, 3.05) is 12.8 Å². The molecule has 0 atom stereocenters. The number of halogens is 1. The van der Waals surface area contributed by atoms with Crippen molar-refractivity contribution in [1.82, 2.24) is 15.5 Å². The Bertz CT molecular complexity index is 391. The zero-order valence-electron chi connectivity index (χ0n) is 10.3. The number of nitrogens with zero attached hydrogens (tertiary/aromatic N) is 3. The summed E-state index contributed by atoms with van der Waals surface area (Å²) in [6, 6.07) is 0. The van der Waals surface area contributed by atoms with E-state index in [9.17, 15) is 0 Å². The largest absolute Gasteiger partial charge is 0.370 e. The molecule has 1 fully saturated rings. The standard InChI is InChI=1S/C10H17N5S2.HI/c1-16-10-15-14-8(17-10)6-13-9(11)12-5-7-3-2-4-7;/h7H,2-6H2,1H3,(H3,11,12,13);1H. The van der Waals surface area contributed by atoms with Crippen molar-refractivity contribution in [3.05, 3.63) is 5.01 Å². The number of hydrogen-bond acceptors (Lipinski definition) is 5. The Morgan fingerprint density at radius 1 is 1.56 bits per heavy atom. The first kappa shape index (κ1) is 16.0. The zero-order valence-corrected chi connectivity index (χ0v) is 14.2. The van der Waals surface area contributed by atoms with Gasteiger partial charge in [-0.1, -0.05) is 29.5 Å². The average Bonchev–Trinajstić information content (AvgIpc) is 2.72. The van der Waals surface area contributed by atoms with Gasteiger partial charge in [-0.05, 0) is 25.0 Å². The molecule has 5 nitrogen and oxygen atoms in total. The van der Waals surface area contributed by atoms with E-state index in [1.165, 1.54) is 19.3 Å². The highest BCUT2D eigenvalue weighted by Gasteiger charge is 2.16. The predicted octanol–water partition coefficient (Wildman–Crippen LogP) is 2.08. The van der Waals surface area contributed by atoms with Gasteiger partial charge in [-0.3, -0.25) is 0 Å². The van der Waals surface area contributed by atoms with Crippen LogP contribution in [0.15, 0.2) is 9.33 Å². The van der Waals surface area contributed by atoms with Crippen LogP contribution < -0.4 is 11.1 Å². The van der Waals surface area contributed by atoms with Crippen LogP contribution in [-0.2, 0) is 6.54 Å². The summed E-state index contributed by atoms with van der Waals surface area (Å²) < 4.78 is 0.969. The van der Waals surface area contributed by atoms with Gasteiger partial charge in [0.25, 0.3) is 0 Å². The second-order valence-electron chi connectivity index (χ2n) is 4.05. The molecular weight excluding hydrogens is 381 g/mol. The van der Waals surface area contributed by atoms with Gasteiger partial charge in [0, 0.05) is 6.54 Å². The van der Waals surface area contributed by atoms with Crippen LogP contribution in [-0.4, -0.2) is 29.0 Å². The highest BCUT2D eigenvalue weighted by molar-refractivity contribution is 14.0. The van der Waals surface area contributed by atoms with E-state index in [4.69, 9.17) is 5.73 Å². The quantitative estimate of drug-likeness (QED) is 0.343. The van der Waals surface area contributed by atoms with Crippen LogP contribution >= 0.6 is 47.1 Å². The molecule has 8 heteroatoms. The molecule has 1 heterocycles. The van der Waals surface area contributed by atoms with Crippen molar-refractivity contribution in [3.8, 4) is 0 Å². The topological polar surface area (TPSA) is 76.2 Å². The van der Waals surface area contributed by atoms with Crippen LogP contribution in [0.4, 0.5) is 0 Å². The first-order valence-electron chi connectivity index (χ1n) is 5.68. The molecule has 0 spiro atoms. The number of guanidine groups is 1. The maximum absolute atomic E-state index is 5.78. The third kappa shape index (κ3) is 4.88. The van der Waals surface area contributed by atoms with Gasteiger partial charge in [-0.2, -0.15) is 0 Å². The van der Waals surface area contributed by atoms with Crippen molar-refractivity contribution in [2.45, 2.75) is 30.1 Å². The Hall–Kier alpha value is -0.0900. The molecule has 0 aliphatic heterocycles. The van der Waals surface area contributed by atoms with Crippen LogP contribution in [0, 0.1) is 5.92 Å². The minimum atomic E-state index is 0. The number of rotatable bonds is 5. The zero-order chi connectivity index (χ0) is 12.1. The SMILES string of the molecule is CSc1nnc(CN=C(N)NCC2CCC2)s1.I. The monoisotopic (exact) mass is 399 g/mol. The van der Waals surface area contributed by atoms with Crippen LogP contribution in [0.1, 0.15) is 24.3 Å². The lowest BCUT2D eigenvalue weighted by molar-refractivity contribution is 0.315. The number of nitrogens with two attached hydrogens (primary N) is 1. The van der Waals surface area contributed by atoms with Crippen molar-refractivity contribution < 1.29 is 0 Å². The van der Waals surface area contributed by atoms with Gasteiger partial charge < -0.3 is 11.1 Å². The number of hydrogen-bond donors (Lipinski definition) is 2. The minimum Gasteiger partial charge on any atom is -0.370 e. The number of aromatic nitrogens is 2. The summed E-state index contributed by atoms with van der Waals surface area (Å²) in [6.45, 7) is 1.46. The van der Waals surface area contributed by atoms with Crippen LogP contribution in [0.2, 0.25) is 0 Å². The number of thioether (sulfide) groups is 1. The molecule has 2 rings (SSSR count). The van der Waals surface area contributed by atoms with Gasteiger partial charge in [0.2, 0.25) is 0 Å². The van der Waals surface area contributed by atoms with E-state index in [1.54, 1.807) is 23.1 Å². The molecule has 102 valence electrons. The van der Waals surface area contributed by atoms with Crippen LogP contribution in [0.5, 0.6) is 0 Å². The average molecular weight is 399 g/mol. The van der Waals surface area contributed by atoms with Gasteiger partial charge >= 0.3 is 0 Å². The molecule has 1 aromatic rings. The molecular formula is C10H18IN5S2. The molecule has 0 unspecified atom stereocenters. The van der Waals surface area contributed by atoms with Gasteiger partial charge in [0.1, 0.15) is 5.01 Å². The van der Waals surface area contributed by atoms with Gasteiger partial charge in [0.05, 0.1) is 6.54 Å². The van der Waals surface area contributed by atoms with E-state index in [2.05, 4.69) is 20.5 Å². The smallest absolute Gasteiger partial charge is 0.189 e. The van der Waals surface area contributed by atoms with E-state index < -0.39 is 0 Å². The molecule has 0 bridgehead atoms. The van der Waals surface area contributed by atoms with E-state index in [0.717, 1.165) is 21.8 Å². The van der Waals surface area contributed by atoms with E-state index in [-0.39, 0.29) is 24.0 Å². The molecule has 1 aliphatic rings. The van der Waals surface area contributed by atoms with Gasteiger partial charge in [0.15, 0.2) is 10.3 Å². The highest BCUT2D eigenvalue weighted by Crippen LogP contribution is 2.25. The second-order valence-corrected chi connectivity index (χ2v) is 6.16. The Balaban J connectivity index is 0.00000162. The Morgan fingerprint density at radius 2 is 2.33 bits per heavy atom. The molecule has 0 aromatic carbocycles. The van der Waals surface area contributed by atoms with E-state index in [1.807, 2.05) is 6.26 Å². The maximum Gasteiger partial charge on any atom is 0.189 e. The Morgan fingerprint density at radius 3 is 2.89 bits per heavy atom. The fourth-order valence-corrected chi connectivity index (χ4v) is 2.78. The van der Waals surface area contributed by atoms with E-state index in [0.29, 0.717) is 12.5 Å². The fraction of sp³-hybridized carbons (Fsp3) is 0.700. The molecule has 0 amide bonds. The van der Waals surface area contributed by atoms with Crippen LogP contribution in [0.3, 0.4) is 0 Å². The second kappa shape index (κ2) is 8.16. The number of nitrogens with one attached hydrogen (secondary N) is 1. The van der Waals surface area contributed by atoms with Crippen molar-refractivity contribution >= 4 is 53.0 Å². The molecule has 3 N–H and O–H groups in total. The Labute approximate surface area is 132 Å². The summed E-state index contributed by atoms with van der Waals surface area (Å²) in [6.07, 6.45) is 5.97. The first-order chi connectivity index (χ1) is 8.28. The molecule has 0 saturated heterocycles. The highest BCUT2D eigenvalue weighted by atomic mass is 127.